The van der Waals surface area contributed by atoms with Crippen LogP contribution in [0.1, 0.15) is 50.4 Å². The molecule has 0 N–H and O–H groups in total. The van der Waals surface area contributed by atoms with Gasteiger partial charge in [0.15, 0.2) is 5.16 Å². The number of rotatable bonds is 7. The van der Waals surface area contributed by atoms with Crippen LogP contribution in [0.3, 0.4) is 0 Å². The molecule has 2 saturated carbocycles. The summed E-state index contributed by atoms with van der Waals surface area (Å²) in [6, 6.07) is 0.608. The van der Waals surface area contributed by atoms with Crippen molar-refractivity contribution in [3.8, 4) is 0 Å². The normalized spacial score (nSPS) is 18.6. The van der Waals surface area contributed by atoms with Crippen LogP contribution < -0.4 is 0 Å². The Morgan fingerprint density at radius 2 is 2.20 bits per heavy atom. The second kappa shape index (κ2) is 5.99. The highest BCUT2D eigenvalue weighted by Crippen LogP contribution is 2.45. The van der Waals surface area contributed by atoms with E-state index in [1.54, 1.807) is 18.7 Å². The van der Waals surface area contributed by atoms with Crippen molar-refractivity contribution in [2.24, 2.45) is 0 Å². The van der Waals surface area contributed by atoms with Crippen LogP contribution in [0.2, 0.25) is 0 Å². The van der Waals surface area contributed by atoms with Crippen molar-refractivity contribution in [2.75, 3.05) is 12.4 Å². The topological polar surface area (TPSA) is 57.0 Å². The SMILES string of the molecule is CCOC(=O)/C=C/CSc1nnc(C2CC2)n1C1CC1. The van der Waals surface area contributed by atoms with Gasteiger partial charge in [-0.05, 0) is 32.6 Å². The molecule has 2 aliphatic carbocycles. The third kappa shape index (κ3) is 3.23. The van der Waals surface area contributed by atoms with Gasteiger partial charge in [0, 0.05) is 23.8 Å². The van der Waals surface area contributed by atoms with Crippen LogP contribution in [-0.2, 0) is 9.53 Å². The Hall–Kier alpha value is -1.30. The van der Waals surface area contributed by atoms with Gasteiger partial charge < -0.3 is 9.30 Å². The lowest BCUT2D eigenvalue weighted by molar-refractivity contribution is -0.137. The molecule has 20 heavy (non-hydrogen) atoms. The van der Waals surface area contributed by atoms with Crippen LogP contribution >= 0.6 is 11.8 Å². The summed E-state index contributed by atoms with van der Waals surface area (Å²) in [5.41, 5.74) is 0. The molecule has 0 radical (unpaired) electrons. The van der Waals surface area contributed by atoms with E-state index in [0.717, 1.165) is 5.16 Å². The average molecular weight is 293 g/mol. The molecule has 0 bridgehead atoms. The van der Waals surface area contributed by atoms with Gasteiger partial charge in [-0.2, -0.15) is 0 Å². The molecule has 0 spiro atoms. The first-order chi connectivity index (χ1) is 9.79. The minimum Gasteiger partial charge on any atom is -0.463 e. The molecule has 3 rings (SSSR count). The van der Waals surface area contributed by atoms with Gasteiger partial charge >= 0.3 is 5.97 Å². The van der Waals surface area contributed by atoms with Crippen LogP contribution in [0.15, 0.2) is 17.3 Å². The van der Waals surface area contributed by atoms with Gasteiger partial charge in [-0.15, -0.1) is 10.2 Å². The summed E-state index contributed by atoms with van der Waals surface area (Å²) in [5, 5.41) is 9.67. The smallest absolute Gasteiger partial charge is 0.330 e. The van der Waals surface area contributed by atoms with E-state index in [-0.39, 0.29) is 5.97 Å². The minimum absolute atomic E-state index is 0.282. The van der Waals surface area contributed by atoms with Gasteiger partial charge in [-0.3, -0.25) is 0 Å². The molecule has 0 aliphatic heterocycles. The number of ether oxygens (including phenoxy) is 1. The first-order valence-electron chi connectivity index (χ1n) is 7.20. The van der Waals surface area contributed by atoms with E-state index in [4.69, 9.17) is 4.74 Å². The highest BCUT2D eigenvalue weighted by Gasteiger charge is 2.36. The molecule has 6 heteroatoms. The highest BCUT2D eigenvalue weighted by atomic mass is 32.2. The molecule has 1 aromatic heterocycles. The monoisotopic (exact) mass is 293 g/mol. The fourth-order valence-electron chi connectivity index (χ4n) is 2.14. The molecule has 0 saturated heterocycles. The van der Waals surface area contributed by atoms with Crippen molar-refractivity contribution in [1.29, 1.82) is 0 Å². The number of carbonyl (C=O) groups is 1. The van der Waals surface area contributed by atoms with Crippen molar-refractivity contribution in [1.82, 2.24) is 14.8 Å². The summed E-state index contributed by atoms with van der Waals surface area (Å²) < 4.78 is 7.16. The van der Waals surface area contributed by atoms with E-state index < -0.39 is 0 Å². The molecule has 1 aromatic rings. The van der Waals surface area contributed by atoms with Crippen molar-refractivity contribution in [3.63, 3.8) is 0 Å². The number of carbonyl (C=O) groups excluding carboxylic acids is 1. The lowest BCUT2D eigenvalue weighted by Gasteiger charge is -2.06. The standard InChI is InChI=1S/C14H19N3O2S/c1-2-19-12(18)4-3-9-20-14-16-15-13(10-5-6-10)17(14)11-7-8-11/h3-4,10-11H,2,5-9H2,1H3/b4-3+. The van der Waals surface area contributed by atoms with E-state index in [9.17, 15) is 4.79 Å². The van der Waals surface area contributed by atoms with Crippen molar-refractivity contribution in [2.45, 2.75) is 49.7 Å². The van der Waals surface area contributed by atoms with Crippen molar-refractivity contribution in [3.05, 3.63) is 18.0 Å². The maximum atomic E-state index is 11.2. The molecule has 1 heterocycles. The fraction of sp³-hybridized carbons (Fsp3) is 0.643. The highest BCUT2D eigenvalue weighted by molar-refractivity contribution is 7.99. The first-order valence-corrected chi connectivity index (χ1v) is 8.19. The lowest BCUT2D eigenvalue weighted by Crippen LogP contribution is -2.02. The van der Waals surface area contributed by atoms with Crippen molar-refractivity contribution < 1.29 is 9.53 Å². The van der Waals surface area contributed by atoms with Gasteiger partial charge in [0.25, 0.3) is 0 Å². The number of thioether (sulfide) groups is 1. The van der Waals surface area contributed by atoms with Gasteiger partial charge in [0.2, 0.25) is 0 Å². The van der Waals surface area contributed by atoms with E-state index >= 15 is 0 Å². The zero-order valence-corrected chi connectivity index (χ0v) is 12.4. The Morgan fingerprint density at radius 1 is 1.40 bits per heavy atom. The summed E-state index contributed by atoms with van der Waals surface area (Å²) in [7, 11) is 0. The molecular formula is C14H19N3O2S. The number of aromatic nitrogens is 3. The van der Waals surface area contributed by atoms with Crippen LogP contribution in [0.25, 0.3) is 0 Å². The maximum Gasteiger partial charge on any atom is 0.330 e. The number of esters is 1. The number of hydrogen-bond acceptors (Lipinski definition) is 5. The Labute approximate surface area is 122 Å². The molecule has 0 amide bonds. The predicted octanol–water partition coefficient (Wildman–Crippen LogP) is 2.70. The molecule has 2 fully saturated rings. The molecule has 0 unspecified atom stereocenters. The molecule has 0 aromatic carbocycles. The van der Waals surface area contributed by atoms with Gasteiger partial charge in [-0.1, -0.05) is 17.8 Å². The Kier molecular flexibility index (Phi) is 4.10. The quantitative estimate of drug-likeness (QED) is 0.439. The molecule has 2 aliphatic rings. The van der Waals surface area contributed by atoms with E-state index in [1.165, 1.54) is 37.6 Å². The summed E-state index contributed by atoms with van der Waals surface area (Å²) in [4.78, 5) is 11.2. The maximum absolute atomic E-state index is 11.2. The zero-order chi connectivity index (χ0) is 13.9. The zero-order valence-electron chi connectivity index (χ0n) is 11.6. The molecule has 5 nitrogen and oxygen atoms in total. The first kappa shape index (κ1) is 13.7. The Morgan fingerprint density at radius 3 is 2.85 bits per heavy atom. The third-order valence-electron chi connectivity index (χ3n) is 3.39. The molecule has 0 atom stereocenters. The molecular weight excluding hydrogens is 274 g/mol. The third-order valence-corrected chi connectivity index (χ3v) is 4.29. The largest absolute Gasteiger partial charge is 0.463 e. The number of hydrogen-bond donors (Lipinski definition) is 0. The Balaban J connectivity index is 1.58. The Bertz CT molecular complexity index is 518. The van der Waals surface area contributed by atoms with E-state index in [0.29, 0.717) is 24.3 Å². The summed E-state index contributed by atoms with van der Waals surface area (Å²) in [6.45, 7) is 2.22. The molecule has 108 valence electrons. The van der Waals surface area contributed by atoms with Crippen LogP contribution in [0.4, 0.5) is 0 Å². The van der Waals surface area contributed by atoms with Gasteiger partial charge in [0.1, 0.15) is 5.82 Å². The van der Waals surface area contributed by atoms with E-state index in [1.807, 2.05) is 6.08 Å². The van der Waals surface area contributed by atoms with Gasteiger partial charge in [0.05, 0.1) is 6.61 Å². The second-order valence-corrected chi connectivity index (χ2v) is 6.17. The van der Waals surface area contributed by atoms with Gasteiger partial charge in [-0.25, -0.2) is 4.79 Å². The summed E-state index contributed by atoms with van der Waals surface area (Å²) >= 11 is 1.64. The fourth-order valence-corrected chi connectivity index (χ4v) is 2.96. The summed E-state index contributed by atoms with van der Waals surface area (Å²) in [5.74, 6) is 2.24. The van der Waals surface area contributed by atoms with Crippen molar-refractivity contribution >= 4 is 17.7 Å². The lowest BCUT2D eigenvalue weighted by atomic mass is 10.4. The number of nitrogens with zero attached hydrogens (tertiary/aromatic N) is 3. The van der Waals surface area contributed by atoms with Crippen LogP contribution in [-0.4, -0.2) is 33.1 Å². The second-order valence-electron chi connectivity index (χ2n) is 5.18. The predicted molar refractivity (Wildman–Crippen MR) is 76.8 cm³/mol. The van der Waals surface area contributed by atoms with E-state index in [2.05, 4.69) is 14.8 Å². The van der Waals surface area contributed by atoms with Crippen LogP contribution in [0, 0.1) is 0 Å². The van der Waals surface area contributed by atoms with Crippen LogP contribution in [0.5, 0.6) is 0 Å². The minimum atomic E-state index is -0.282. The average Bonchev–Trinajstić information content (AvgIpc) is 3.34. The summed E-state index contributed by atoms with van der Waals surface area (Å²) in [6.07, 6.45) is 8.28.